The summed E-state index contributed by atoms with van der Waals surface area (Å²) in [6, 6.07) is 13.4. The van der Waals surface area contributed by atoms with Crippen LogP contribution in [0.25, 0.3) is 0 Å². The van der Waals surface area contributed by atoms with Gasteiger partial charge in [-0.2, -0.15) is 0 Å². The molecule has 0 saturated heterocycles. The number of hydrogen-bond donors (Lipinski definition) is 1. The Labute approximate surface area is 176 Å². The highest BCUT2D eigenvalue weighted by atomic mass is 35.5. The minimum absolute atomic E-state index is 0.0218. The Kier molecular flexibility index (Phi) is 8.16. The monoisotopic (exact) mass is 440 g/mol. The number of likely N-dealkylation sites (N-methyl/N-ethyl adjacent to an activating group) is 1. The van der Waals surface area contributed by atoms with E-state index >= 15 is 0 Å². The summed E-state index contributed by atoms with van der Waals surface area (Å²) in [7, 11) is -2.31. The molecule has 2 aromatic rings. The van der Waals surface area contributed by atoms with Crippen LogP contribution in [0, 0.1) is 0 Å². The molecular weight excluding hydrogens is 416 g/mol. The van der Waals surface area contributed by atoms with Gasteiger partial charge >= 0.3 is 0 Å². The van der Waals surface area contributed by atoms with Gasteiger partial charge in [0.2, 0.25) is 15.9 Å². The van der Waals surface area contributed by atoms with Crippen LogP contribution in [-0.2, 0) is 14.8 Å². The molecule has 2 rings (SSSR count). The van der Waals surface area contributed by atoms with Crippen LogP contribution in [0.5, 0.6) is 11.5 Å². The van der Waals surface area contributed by atoms with E-state index in [4.69, 9.17) is 21.1 Å². The summed E-state index contributed by atoms with van der Waals surface area (Å²) in [4.78, 5) is 13.5. The Morgan fingerprint density at radius 3 is 2.45 bits per heavy atom. The van der Waals surface area contributed by atoms with E-state index in [1.54, 1.807) is 48.5 Å². The van der Waals surface area contributed by atoms with Gasteiger partial charge in [0.1, 0.15) is 23.9 Å². The van der Waals surface area contributed by atoms with Gasteiger partial charge in [0.15, 0.2) is 0 Å². The van der Waals surface area contributed by atoms with Crippen LogP contribution in [-0.4, -0.2) is 51.3 Å². The molecule has 0 unspecified atom stereocenters. The maximum Gasteiger partial charge on any atom is 0.241 e. The van der Waals surface area contributed by atoms with Crippen LogP contribution < -0.4 is 14.2 Å². The van der Waals surface area contributed by atoms with E-state index in [1.807, 2.05) is 13.8 Å². The number of carbonyl (C=O) groups excluding carboxylic acids is 1. The van der Waals surface area contributed by atoms with Crippen LogP contribution in [0.15, 0.2) is 48.5 Å². The molecule has 9 heteroatoms. The van der Waals surface area contributed by atoms with Gasteiger partial charge in [-0.1, -0.05) is 17.7 Å². The highest BCUT2D eigenvalue weighted by Gasteiger charge is 2.19. The number of anilines is 1. The molecule has 0 aliphatic carbocycles. The maximum atomic E-state index is 12.3. The number of ether oxygens (including phenoxy) is 2. The van der Waals surface area contributed by atoms with Crippen LogP contribution in [0.1, 0.15) is 13.8 Å². The lowest BCUT2D eigenvalue weighted by Crippen LogP contribution is -2.36. The van der Waals surface area contributed by atoms with Crippen LogP contribution in [0.2, 0.25) is 5.02 Å². The minimum Gasteiger partial charge on any atom is -0.492 e. The molecule has 2 aromatic carbocycles. The number of sulfonamides is 1. The average molecular weight is 441 g/mol. The van der Waals surface area contributed by atoms with Crippen molar-refractivity contribution in [2.75, 3.05) is 30.7 Å². The van der Waals surface area contributed by atoms with Gasteiger partial charge in [0.05, 0.1) is 12.6 Å². The number of amides is 1. The number of rotatable bonds is 10. The highest BCUT2D eigenvalue weighted by molar-refractivity contribution is 7.93. The molecule has 1 amide bonds. The number of benzene rings is 2. The molecule has 1 N–H and O–H groups in total. The third kappa shape index (κ3) is 8.21. The summed E-state index contributed by atoms with van der Waals surface area (Å²) in [6.07, 6.45) is 0.0218. The molecule has 29 heavy (non-hydrogen) atoms. The molecule has 158 valence electrons. The second-order valence-electron chi connectivity index (χ2n) is 6.67. The normalized spacial score (nSPS) is 11.2. The quantitative estimate of drug-likeness (QED) is 0.612. The minimum atomic E-state index is -3.84. The van der Waals surface area contributed by atoms with Crippen molar-refractivity contribution < 1.29 is 22.7 Å². The van der Waals surface area contributed by atoms with E-state index in [-0.39, 0.29) is 19.3 Å². The lowest BCUT2D eigenvalue weighted by Gasteiger charge is -2.18. The van der Waals surface area contributed by atoms with E-state index in [0.29, 0.717) is 22.2 Å². The summed E-state index contributed by atoms with van der Waals surface area (Å²) in [5.41, 5.74) is 0.362. The summed E-state index contributed by atoms with van der Waals surface area (Å²) in [5.74, 6) is 0.0215. The Morgan fingerprint density at radius 2 is 1.83 bits per heavy atom. The standard InChI is InChI=1S/C20H25ClN2O5S/c1-15(2)28-18-9-7-17(8-10-18)22-29(25,26)14-20(24)23(3)11-12-27-19-6-4-5-16(21)13-19/h4-10,13,15,22H,11-12,14H2,1-3H3. The predicted molar refractivity (Wildman–Crippen MR) is 114 cm³/mol. The molecule has 0 saturated carbocycles. The van der Waals surface area contributed by atoms with Crippen molar-refractivity contribution in [3.8, 4) is 11.5 Å². The molecule has 0 aliphatic heterocycles. The van der Waals surface area contributed by atoms with Crippen molar-refractivity contribution >= 4 is 33.2 Å². The number of nitrogens with one attached hydrogen (secondary N) is 1. The number of carbonyl (C=O) groups is 1. The fourth-order valence-electron chi connectivity index (χ4n) is 2.34. The molecule has 0 fully saturated rings. The van der Waals surface area contributed by atoms with Gasteiger partial charge in [-0.05, 0) is 56.3 Å². The van der Waals surface area contributed by atoms with Crippen LogP contribution in [0.3, 0.4) is 0 Å². The lowest BCUT2D eigenvalue weighted by atomic mass is 10.3. The van der Waals surface area contributed by atoms with E-state index in [2.05, 4.69) is 4.72 Å². The molecule has 0 heterocycles. The predicted octanol–water partition coefficient (Wildman–Crippen LogP) is 3.41. The molecular formula is C20H25ClN2O5S. The number of hydrogen-bond acceptors (Lipinski definition) is 5. The van der Waals surface area contributed by atoms with Crippen LogP contribution in [0.4, 0.5) is 5.69 Å². The first-order valence-electron chi connectivity index (χ1n) is 9.04. The number of nitrogens with zero attached hydrogens (tertiary/aromatic N) is 1. The molecule has 7 nitrogen and oxygen atoms in total. The summed E-state index contributed by atoms with van der Waals surface area (Å²) >= 11 is 5.88. The van der Waals surface area contributed by atoms with E-state index in [0.717, 1.165) is 0 Å². The summed E-state index contributed by atoms with van der Waals surface area (Å²) < 4.78 is 38.0. The van der Waals surface area contributed by atoms with Gasteiger partial charge in [0.25, 0.3) is 0 Å². The van der Waals surface area contributed by atoms with Gasteiger partial charge in [0, 0.05) is 17.8 Å². The van der Waals surface area contributed by atoms with Gasteiger partial charge in [-0.15, -0.1) is 0 Å². The topological polar surface area (TPSA) is 84.9 Å². The zero-order valence-electron chi connectivity index (χ0n) is 16.6. The summed E-state index contributed by atoms with van der Waals surface area (Å²) in [5, 5.41) is 0.549. The molecule has 0 bridgehead atoms. The smallest absolute Gasteiger partial charge is 0.241 e. The molecule has 0 aliphatic rings. The third-order valence-electron chi connectivity index (χ3n) is 3.73. The first kappa shape index (κ1) is 22.8. The van der Waals surface area contributed by atoms with Crippen LogP contribution >= 0.6 is 11.6 Å². The van der Waals surface area contributed by atoms with Crippen molar-refractivity contribution in [3.63, 3.8) is 0 Å². The van der Waals surface area contributed by atoms with Crippen molar-refractivity contribution in [3.05, 3.63) is 53.6 Å². The van der Waals surface area contributed by atoms with Crippen molar-refractivity contribution in [1.82, 2.24) is 4.90 Å². The molecule has 0 spiro atoms. The lowest BCUT2D eigenvalue weighted by molar-refractivity contribution is -0.127. The Hall–Kier alpha value is -2.45. The average Bonchev–Trinajstić information content (AvgIpc) is 2.62. The van der Waals surface area contributed by atoms with Crippen molar-refractivity contribution in [2.45, 2.75) is 20.0 Å². The van der Waals surface area contributed by atoms with E-state index in [1.165, 1.54) is 11.9 Å². The maximum absolute atomic E-state index is 12.3. The molecule has 0 aromatic heterocycles. The first-order chi connectivity index (χ1) is 13.6. The second kappa shape index (κ2) is 10.4. The second-order valence-corrected chi connectivity index (χ2v) is 8.83. The van der Waals surface area contributed by atoms with Crippen molar-refractivity contribution in [2.24, 2.45) is 0 Å². The summed E-state index contributed by atoms with van der Waals surface area (Å²) in [6.45, 7) is 4.26. The van der Waals surface area contributed by atoms with Gasteiger partial charge < -0.3 is 14.4 Å². The Bertz CT molecular complexity index is 917. The highest BCUT2D eigenvalue weighted by Crippen LogP contribution is 2.18. The van der Waals surface area contributed by atoms with E-state index < -0.39 is 21.7 Å². The largest absolute Gasteiger partial charge is 0.492 e. The molecule has 0 radical (unpaired) electrons. The molecule has 0 atom stereocenters. The fourth-order valence-corrected chi connectivity index (χ4v) is 3.64. The third-order valence-corrected chi connectivity index (χ3v) is 5.14. The van der Waals surface area contributed by atoms with Gasteiger partial charge in [-0.3, -0.25) is 9.52 Å². The van der Waals surface area contributed by atoms with E-state index in [9.17, 15) is 13.2 Å². The zero-order valence-corrected chi connectivity index (χ0v) is 18.2. The Morgan fingerprint density at radius 1 is 1.14 bits per heavy atom. The van der Waals surface area contributed by atoms with Crippen molar-refractivity contribution in [1.29, 1.82) is 0 Å². The number of halogens is 1. The fraction of sp³-hybridized carbons (Fsp3) is 0.350. The zero-order chi connectivity index (χ0) is 21.4. The first-order valence-corrected chi connectivity index (χ1v) is 11.1. The SMILES string of the molecule is CC(C)Oc1ccc(NS(=O)(=O)CC(=O)N(C)CCOc2cccc(Cl)c2)cc1. The Balaban J connectivity index is 1.82. The van der Waals surface area contributed by atoms with Gasteiger partial charge in [-0.25, -0.2) is 8.42 Å².